The number of anilines is 1. The summed E-state index contributed by atoms with van der Waals surface area (Å²) in [6.45, 7) is 3.21. The van der Waals surface area contributed by atoms with Gasteiger partial charge in [-0.15, -0.1) is 0 Å². The molecule has 0 saturated carbocycles. The van der Waals surface area contributed by atoms with Crippen LogP contribution in [0.1, 0.15) is 35.7 Å². The van der Waals surface area contributed by atoms with Crippen molar-refractivity contribution in [1.82, 2.24) is 0 Å². The zero-order chi connectivity index (χ0) is 14.9. The number of alkyl halides is 3. The van der Waals surface area contributed by atoms with Gasteiger partial charge in [0.05, 0.1) is 11.1 Å². The molecule has 0 atom stereocenters. The Morgan fingerprint density at radius 2 is 1.90 bits per heavy atom. The summed E-state index contributed by atoms with van der Waals surface area (Å²) in [6.07, 6.45) is -2.86. The summed E-state index contributed by atoms with van der Waals surface area (Å²) in [5.41, 5.74) is -1.13. The van der Waals surface area contributed by atoms with Crippen LogP contribution in [-0.4, -0.2) is 24.2 Å². The van der Waals surface area contributed by atoms with E-state index in [1.54, 1.807) is 4.90 Å². The number of benzene rings is 1. The third-order valence-corrected chi connectivity index (χ3v) is 3.67. The van der Waals surface area contributed by atoms with E-state index in [0.717, 1.165) is 18.9 Å². The van der Waals surface area contributed by atoms with Crippen molar-refractivity contribution < 1.29 is 23.1 Å². The fourth-order valence-electron chi connectivity index (χ4n) is 2.42. The van der Waals surface area contributed by atoms with E-state index in [9.17, 15) is 18.0 Å². The number of aromatic carboxylic acids is 1. The SMILES string of the molecule is CC1CCN(c2ccc(C(=O)O)cc2C(F)(F)F)CC1. The molecule has 6 heteroatoms. The van der Waals surface area contributed by atoms with Crippen LogP contribution >= 0.6 is 0 Å². The second-order valence-corrected chi connectivity index (χ2v) is 5.20. The minimum atomic E-state index is -4.55. The minimum absolute atomic E-state index is 0.0781. The van der Waals surface area contributed by atoms with Crippen LogP contribution in [0.25, 0.3) is 0 Å². The number of carbonyl (C=O) groups is 1. The lowest BCUT2D eigenvalue weighted by atomic mass is 9.97. The normalized spacial score (nSPS) is 17.3. The highest BCUT2D eigenvalue weighted by Gasteiger charge is 2.36. The zero-order valence-electron chi connectivity index (χ0n) is 11.1. The maximum atomic E-state index is 13.1. The van der Waals surface area contributed by atoms with Crippen LogP contribution in [0.3, 0.4) is 0 Å². The van der Waals surface area contributed by atoms with Gasteiger partial charge in [0.1, 0.15) is 0 Å². The molecule has 1 N–H and O–H groups in total. The van der Waals surface area contributed by atoms with E-state index in [1.165, 1.54) is 12.1 Å². The Kier molecular flexibility index (Phi) is 3.92. The molecular weight excluding hydrogens is 271 g/mol. The van der Waals surface area contributed by atoms with Crippen LogP contribution in [0.4, 0.5) is 18.9 Å². The Hall–Kier alpha value is -1.72. The Labute approximate surface area is 115 Å². The largest absolute Gasteiger partial charge is 0.478 e. The summed E-state index contributed by atoms with van der Waals surface area (Å²) in [5, 5.41) is 8.83. The molecule has 1 saturated heterocycles. The molecule has 1 aliphatic heterocycles. The van der Waals surface area contributed by atoms with Gasteiger partial charge in [0, 0.05) is 18.8 Å². The molecule has 1 aromatic carbocycles. The Bertz CT molecular complexity index is 506. The van der Waals surface area contributed by atoms with Crippen molar-refractivity contribution >= 4 is 11.7 Å². The molecule has 0 amide bonds. The number of halogens is 3. The molecule has 0 aliphatic carbocycles. The van der Waals surface area contributed by atoms with Crippen molar-refractivity contribution in [2.24, 2.45) is 5.92 Å². The number of rotatable bonds is 2. The summed E-state index contributed by atoms with van der Waals surface area (Å²) >= 11 is 0. The molecular formula is C14H16F3NO2. The quantitative estimate of drug-likeness (QED) is 0.902. The smallest absolute Gasteiger partial charge is 0.418 e. The molecule has 2 rings (SSSR count). The first kappa shape index (κ1) is 14.7. The van der Waals surface area contributed by atoms with Gasteiger partial charge in [-0.3, -0.25) is 0 Å². The topological polar surface area (TPSA) is 40.5 Å². The van der Waals surface area contributed by atoms with Gasteiger partial charge in [-0.1, -0.05) is 6.92 Å². The van der Waals surface area contributed by atoms with Crippen molar-refractivity contribution in [2.45, 2.75) is 25.9 Å². The third-order valence-electron chi connectivity index (χ3n) is 3.67. The lowest BCUT2D eigenvalue weighted by Gasteiger charge is -2.33. The van der Waals surface area contributed by atoms with E-state index in [0.29, 0.717) is 19.0 Å². The predicted molar refractivity (Wildman–Crippen MR) is 69.0 cm³/mol. The summed E-state index contributed by atoms with van der Waals surface area (Å²) < 4.78 is 39.3. The van der Waals surface area contributed by atoms with Crippen molar-refractivity contribution in [2.75, 3.05) is 18.0 Å². The summed E-state index contributed by atoms with van der Waals surface area (Å²) in [6, 6.07) is 3.21. The molecule has 1 heterocycles. The van der Waals surface area contributed by atoms with Gasteiger partial charge in [-0.2, -0.15) is 13.2 Å². The van der Waals surface area contributed by atoms with Gasteiger partial charge in [0.2, 0.25) is 0 Å². The Morgan fingerprint density at radius 3 is 2.40 bits per heavy atom. The Balaban J connectivity index is 2.39. The fraction of sp³-hybridized carbons (Fsp3) is 0.500. The van der Waals surface area contributed by atoms with E-state index in [1.807, 2.05) is 0 Å². The molecule has 1 aliphatic rings. The maximum absolute atomic E-state index is 13.1. The first-order chi connectivity index (χ1) is 9.29. The van der Waals surface area contributed by atoms with E-state index < -0.39 is 17.7 Å². The van der Waals surface area contributed by atoms with Gasteiger partial charge < -0.3 is 10.0 Å². The minimum Gasteiger partial charge on any atom is -0.478 e. The standard InChI is InChI=1S/C14H16F3NO2/c1-9-4-6-18(7-5-9)12-3-2-10(13(19)20)8-11(12)14(15,16)17/h2-3,8-9H,4-7H2,1H3,(H,19,20). The van der Waals surface area contributed by atoms with E-state index >= 15 is 0 Å². The second-order valence-electron chi connectivity index (χ2n) is 5.20. The van der Waals surface area contributed by atoms with Crippen molar-refractivity contribution in [3.05, 3.63) is 29.3 Å². The van der Waals surface area contributed by atoms with Crippen LogP contribution < -0.4 is 4.90 Å². The molecule has 0 unspecified atom stereocenters. The summed E-state index contributed by atoms with van der Waals surface area (Å²) in [5.74, 6) is -0.840. The highest BCUT2D eigenvalue weighted by molar-refractivity contribution is 5.88. The average Bonchev–Trinajstić information content (AvgIpc) is 2.38. The number of carboxylic acid groups (broad SMARTS) is 1. The molecule has 20 heavy (non-hydrogen) atoms. The van der Waals surface area contributed by atoms with Gasteiger partial charge >= 0.3 is 12.1 Å². The number of nitrogens with zero attached hydrogens (tertiary/aromatic N) is 1. The van der Waals surface area contributed by atoms with Crippen LogP contribution in [0.15, 0.2) is 18.2 Å². The maximum Gasteiger partial charge on any atom is 0.418 e. The van der Waals surface area contributed by atoms with Gasteiger partial charge in [0.25, 0.3) is 0 Å². The molecule has 3 nitrogen and oxygen atoms in total. The molecule has 110 valence electrons. The van der Waals surface area contributed by atoms with Gasteiger partial charge in [-0.25, -0.2) is 4.79 Å². The van der Waals surface area contributed by atoms with Crippen LogP contribution in [0, 0.1) is 5.92 Å². The molecule has 1 aromatic rings. The summed E-state index contributed by atoms with van der Waals surface area (Å²) in [7, 11) is 0. The molecule has 0 spiro atoms. The highest BCUT2D eigenvalue weighted by Crippen LogP contribution is 2.38. The summed E-state index contributed by atoms with van der Waals surface area (Å²) in [4.78, 5) is 12.5. The van der Waals surface area contributed by atoms with Crippen molar-refractivity contribution in [1.29, 1.82) is 0 Å². The zero-order valence-corrected chi connectivity index (χ0v) is 11.1. The van der Waals surface area contributed by atoms with Gasteiger partial charge in [-0.05, 0) is 37.0 Å². The van der Waals surface area contributed by atoms with E-state index in [-0.39, 0.29) is 11.3 Å². The average molecular weight is 287 g/mol. The van der Waals surface area contributed by atoms with E-state index in [4.69, 9.17) is 5.11 Å². The lowest BCUT2D eigenvalue weighted by Crippen LogP contribution is -2.34. The van der Waals surface area contributed by atoms with Gasteiger partial charge in [0.15, 0.2) is 0 Å². The van der Waals surface area contributed by atoms with Crippen LogP contribution in [0.2, 0.25) is 0 Å². The number of hydrogen-bond acceptors (Lipinski definition) is 2. The molecule has 0 aromatic heterocycles. The molecule has 0 radical (unpaired) electrons. The highest BCUT2D eigenvalue weighted by atomic mass is 19.4. The van der Waals surface area contributed by atoms with Crippen LogP contribution in [-0.2, 0) is 6.18 Å². The first-order valence-corrected chi connectivity index (χ1v) is 6.48. The van der Waals surface area contributed by atoms with Crippen molar-refractivity contribution in [3.8, 4) is 0 Å². The second kappa shape index (κ2) is 5.34. The lowest BCUT2D eigenvalue weighted by molar-refractivity contribution is -0.137. The molecule has 1 fully saturated rings. The number of carboxylic acids is 1. The fourth-order valence-corrected chi connectivity index (χ4v) is 2.42. The van der Waals surface area contributed by atoms with Crippen LogP contribution in [0.5, 0.6) is 0 Å². The number of hydrogen-bond donors (Lipinski definition) is 1. The monoisotopic (exact) mass is 287 g/mol. The Morgan fingerprint density at radius 1 is 1.30 bits per heavy atom. The predicted octanol–water partition coefficient (Wildman–Crippen LogP) is 3.64. The van der Waals surface area contributed by atoms with Crippen molar-refractivity contribution in [3.63, 3.8) is 0 Å². The first-order valence-electron chi connectivity index (χ1n) is 6.48. The third kappa shape index (κ3) is 3.05. The molecule has 0 bridgehead atoms. The van der Waals surface area contributed by atoms with E-state index in [2.05, 4.69) is 6.92 Å². The number of piperidine rings is 1.